The van der Waals surface area contributed by atoms with Crippen LogP contribution in [0.2, 0.25) is 0 Å². The van der Waals surface area contributed by atoms with Crippen molar-refractivity contribution in [2.45, 2.75) is 26.1 Å². The Balaban J connectivity index is 1.94. The maximum atomic E-state index is 12.1. The van der Waals surface area contributed by atoms with Crippen LogP contribution in [0.4, 0.5) is 0 Å². The SMILES string of the molecule is CC(C)(C(=O)OC1COS(=O)(=O)C1)C(=O)OC1COS(=O)(=O)C1. The van der Waals surface area contributed by atoms with Crippen LogP contribution >= 0.6 is 0 Å². The van der Waals surface area contributed by atoms with Crippen molar-refractivity contribution in [2.24, 2.45) is 5.41 Å². The fourth-order valence-electron chi connectivity index (χ4n) is 1.82. The van der Waals surface area contributed by atoms with E-state index in [2.05, 4.69) is 8.37 Å². The summed E-state index contributed by atoms with van der Waals surface area (Å²) in [6.45, 7) is 1.83. The average Bonchev–Trinajstić information content (AvgIpc) is 2.91. The number of hydrogen-bond acceptors (Lipinski definition) is 10. The molecule has 0 bridgehead atoms. The molecular weight excluding hydrogens is 356 g/mol. The average molecular weight is 372 g/mol. The Morgan fingerprint density at radius 2 is 1.22 bits per heavy atom. The zero-order valence-corrected chi connectivity index (χ0v) is 14.0. The second-order valence-electron chi connectivity index (χ2n) is 5.70. The minimum absolute atomic E-state index is 0.312. The van der Waals surface area contributed by atoms with Gasteiger partial charge in [0.25, 0.3) is 20.2 Å². The summed E-state index contributed by atoms with van der Waals surface area (Å²) in [5.41, 5.74) is -1.74. The first-order valence-electron chi connectivity index (χ1n) is 6.58. The van der Waals surface area contributed by atoms with Crippen LogP contribution in [0.1, 0.15) is 13.8 Å². The summed E-state index contributed by atoms with van der Waals surface area (Å²) in [7, 11) is -7.43. The number of rotatable bonds is 4. The van der Waals surface area contributed by atoms with Gasteiger partial charge in [-0.2, -0.15) is 16.8 Å². The molecule has 2 rings (SSSR count). The maximum absolute atomic E-state index is 12.1. The number of carbonyl (C=O) groups is 2. The van der Waals surface area contributed by atoms with Crippen LogP contribution in [0.25, 0.3) is 0 Å². The molecule has 2 aliphatic rings. The summed E-state index contributed by atoms with van der Waals surface area (Å²) in [4.78, 5) is 24.1. The Morgan fingerprint density at radius 1 is 0.870 bits per heavy atom. The predicted octanol–water partition coefficient (Wildman–Crippen LogP) is -1.44. The number of carbonyl (C=O) groups excluding carboxylic acids is 2. The van der Waals surface area contributed by atoms with E-state index in [-0.39, 0.29) is 13.2 Å². The third-order valence-electron chi connectivity index (χ3n) is 3.22. The highest BCUT2D eigenvalue weighted by Crippen LogP contribution is 2.24. The van der Waals surface area contributed by atoms with Crippen LogP contribution in [-0.4, -0.2) is 65.7 Å². The van der Waals surface area contributed by atoms with E-state index < -0.39 is 61.3 Å². The van der Waals surface area contributed by atoms with Crippen molar-refractivity contribution >= 4 is 32.2 Å². The molecule has 2 heterocycles. The van der Waals surface area contributed by atoms with Gasteiger partial charge in [-0.3, -0.25) is 18.0 Å². The lowest BCUT2D eigenvalue weighted by Gasteiger charge is -2.23. The van der Waals surface area contributed by atoms with Crippen LogP contribution in [-0.2, 0) is 47.7 Å². The second kappa shape index (κ2) is 6.00. The van der Waals surface area contributed by atoms with E-state index in [1.807, 2.05) is 0 Å². The molecule has 0 aromatic rings. The summed E-state index contributed by atoms with van der Waals surface area (Å²) in [6, 6.07) is 0. The van der Waals surface area contributed by atoms with Crippen molar-refractivity contribution < 1.29 is 44.3 Å². The van der Waals surface area contributed by atoms with Gasteiger partial charge < -0.3 is 9.47 Å². The quantitative estimate of drug-likeness (QED) is 0.327. The Kier molecular flexibility index (Phi) is 4.72. The first-order valence-corrected chi connectivity index (χ1v) is 9.73. The molecule has 2 aliphatic heterocycles. The predicted molar refractivity (Wildman–Crippen MR) is 73.0 cm³/mol. The van der Waals surface area contributed by atoms with E-state index in [1.54, 1.807) is 0 Å². The van der Waals surface area contributed by atoms with E-state index in [9.17, 15) is 26.4 Å². The molecule has 132 valence electrons. The van der Waals surface area contributed by atoms with Gasteiger partial charge in [0.05, 0.1) is 0 Å². The molecule has 12 heteroatoms. The Labute approximate surface area is 133 Å². The van der Waals surface area contributed by atoms with Crippen LogP contribution in [0.15, 0.2) is 0 Å². The highest BCUT2D eigenvalue weighted by Gasteiger charge is 2.44. The fraction of sp³-hybridized carbons (Fsp3) is 0.818. The maximum Gasteiger partial charge on any atom is 0.323 e. The van der Waals surface area contributed by atoms with Gasteiger partial charge in [-0.25, -0.2) is 0 Å². The Bertz CT molecular complexity index is 645. The van der Waals surface area contributed by atoms with Crippen LogP contribution in [0.3, 0.4) is 0 Å². The highest BCUT2D eigenvalue weighted by molar-refractivity contribution is 7.87. The molecule has 0 spiro atoms. The van der Waals surface area contributed by atoms with Crippen molar-refractivity contribution in [1.82, 2.24) is 0 Å². The lowest BCUT2D eigenvalue weighted by molar-refractivity contribution is -0.175. The Morgan fingerprint density at radius 3 is 1.48 bits per heavy atom. The van der Waals surface area contributed by atoms with Crippen LogP contribution < -0.4 is 0 Å². The Hall–Kier alpha value is -1.24. The zero-order chi connectivity index (χ0) is 17.5. The first kappa shape index (κ1) is 18.1. The van der Waals surface area contributed by atoms with E-state index >= 15 is 0 Å². The molecule has 2 fully saturated rings. The number of hydrogen-bond donors (Lipinski definition) is 0. The minimum Gasteiger partial charge on any atom is -0.458 e. The number of ether oxygens (including phenoxy) is 2. The molecule has 23 heavy (non-hydrogen) atoms. The molecule has 0 amide bonds. The molecule has 0 radical (unpaired) electrons. The van der Waals surface area contributed by atoms with Gasteiger partial charge in [0.2, 0.25) is 0 Å². The lowest BCUT2D eigenvalue weighted by atomic mass is 9.94. The van der Waals surface area contributed by atoms with E-state index in [0.29, 0.717) is 0 Å². The molecule has 0 N–H and O–H groups in total. The van der Waals surface area contributed by atoms with Gasteiger partial charge in [-0.05, 0) is 13.8 Å². The summed E-state index contributed by atoms with van der Waals surface area (Å²) < 4.78 is 63.3. The second-order valence-corrected chi connectivity index (χ2v) is 9.07. The molecule has 2 saturated heterocycles. The van der Waals surface area contributed by atoms with Gasteiger partial charge in [0.1, 0.15) is 36.9 Å². The minimum atomic E-state index is -3.72. The van der Waals surface area contributed by atoms with Gasteiger partial charge in [-0.15, -0.1) is 0 Å². The van der Waals surface area contributed by atoms with Gasteiger partial charge in [0, 0.05) is 0 Å². The lowest BCUT2D eigenvalue weighted by Crippen LogP contribution is -2.41. The molecule has 0 saturated carbocycles. The van der Waals surface area contributed by atoms with Crippen molar-refractivity contribution in [3.8, 4) is 0 Å². The molecule has 0 aromatic heterocycles. The van der Waals surface area contributed by atoms with Gasteiger partial charge >= 0.3 is 11.9 Å². The van der Waals surface area contributed by atoms with E-state index in [4.69, 9.17) is 9.47 Å². The summed E-state index contributed by atoms with van der Waals surface area (Å²) in [6.07, 6.45) is -2.01. The molecule has 10 nitrogen and oxygen atoms in total. The van der Waals surface area contributed by atoms with Crippen molar-refractivity contribution in [3.05, 3.63) is 0 Å². The monoisotopic (exact) mass is 372 g/mol. The van der Waals surface area contributed by atoms with Crippen molar-refractivity contribution in [2.75, 3.05) is 24.7 Å². The molecule has 2 unspecified atom stereocenters. The third-order valence-corrected chi connectivity index (χ3v) is 5.77. The smallest absolute Gasteiger partial charge is 0.323 e. The number of esters is 2. The van der Waals surface area contributed by atoms with Crippen LogP contribution in [0.5, 0.6) is 0 Å². The van der Waals surface area contributed by atoms with E-state index in [1.165, 1.54) is 13.8 Å². The largest absolute Gasteiger partial charge is 0.458 e. The normalized spacial score (nSPS) is 29.1. The molecule has 0 aliphatic carbocycles. The standard InChI is InChI=1S/C11H16O10S2/c1-11(2,9(12)20-7-3-18-22(14,15)5-7)10(13)21-8-4-19-23(16,17)6-8/h7-8H,3-6H2,1-2H3. The van der Waals surface area contributed by atoms with Crippen LogP contribution in [0, 0.1) is 5.41 Å². The van der Waals surface area contributed by atoms with Crippen molar-refractivity contribution in [3.63, 3.8) is 0 Å². The third kappa shape index (κ3) is 4.40. The molecular formula is C11H16O10S2. The first-order chi connectivity index (χ1) is 10.4. The topological polar surface area (TPSA) is 139 Å². The van der Waals surface area contributed by atoms with Gasteiger partial charge in [0.15, 0.2) is 5.41 Å². The van der Waals surface area contributed by atoms with E-state index in [0.717, 1.165) is 0 Å². The zero-order valence-electron chi connectivity index (χ0n) is 12.4. The molecule has 2 atom stereocenters. The highest BCUT2D eigenvalue weighted by atomic mass is 32.2. The molecule has 0 aromatic carbocycles. The summed E-state index contributed by atoms with van der Waals surface area (Å²) in [5.74, 6) is -2.96. The summed E-state index contributed by atoms with van der Waals surface area (Å²) in [5, 5.41) is 0. The summed E-state index contributed by atoms with van der Waals surface area (Å²) >= 11 is 0. The van der Waals surface area contributed by atoms with Gasteiger partial charge in [-0.1, -0.05) is 0 Å². The van der Waals surface area contributed by atoms with Crippen molar-refractivity contribution in [1.29, 1.82) is 0 Å². The fourth-order valence-corrected chi connectivity index (χ4v) is 3.97.